The minimum Gasteiger partial charge on any atom is -0.490 e. The van der Waals surface area contributed by atoms with E-state index in [-0.39, 0.29) is 12.1 Å². The zero-order valence-electron chi connectivity index (χ0n) is 17.2. The van der Waals surface area contributed by atoms with E-state index in [2.05, 4.69) is 10.1 Å². The van der Waals surface area contributed by atoms with Gasteiger partial charge in [-0.05, 0) is 30.7 Å². The van der Waals surface area contributed by atoms with Gasteiger partial charge in [0, 0.05) is 37.7 Å². The van der Waals surface area contributed by atoms with Crippen LogP contribution in [-0.2, 0) is 0 Å². The van der Waals surface area contributed by atoms with Gasteiger partial charge in [0.2, 0.25) is 0 Å². The number of anilines is 1. The minimum atomic E-state index is -1.22. The van der Waals surface area contributed by atoms with E-state index in [1.807, 2.05) is 11.8 Å². The smallest absolute Gasteiger partial charge is 0.274 e. The lowest BCUT2D eigenvalue weighted by molar-refractivity contribution is 0.0815. The molecule has 9 heteroatoms. The van der Waals surface area contributed by atoms with Crippen molar-refractivity contribution in [3.05, 3.63) is 52.4 Å². The summed E-state index contributed by atoms with van der Waals surface area (Å²) in [5.41, 5.74) is 1.04. The summed E-state index contributed by atoms with van der Waals surface area (Å²) < 4.78 is 33.6. The second kappa shape index (κ2) is 8.05. The molecule has 4 heterocycles. The molecule has 5 rings (SSSR count). The Morgan fingerprint density at radius 3 is 2.84 bits per heavy atom. The van der Waals surface area contributed by atoms with Gasteiger partial charge in [-0.1, -0.05) is 0 Å². The van der Waals surface area contributed by atoms with E-state index in [0.717, 1.165) is 12.0 Å². The Hall–Kier alpha value is -3.36. The number of aryl methyl sites for hydroxylation is 1. The van der Waals surface area contributed by atoms with E-state index in [4.69, 9.17) is 14.2 Å². The largest absolute Gasteiger partial charge is 0.490 e. The third-order valence-corrected chi connectivity index (χ3v) is 5.53. The molecule has 0 aliphatic carbocycles. The van der Waals surface area contributed by atoms with Crippen LogP contribution in [0.4, 0.5) is 10.2 Å². The standard InChI is InChI=1S/C22H23FN4O4/c1-14-11-20-24-7-5-21(28)27(20)25-22(14)26-8-6-17(16(23)13-26)31-15-3-4-18-19(12-15)30-10-2-9-29-18/h3-5,7,11-12,16-17H,2,6,8-10,13H2,1H3/t16-,17-/m1/s1. The molecule has 162 valence electrons. The van der Waals surface area contributed by atoms with Gasteiger partial charge < -0.3 is 19.1 Å². The van der Waals surface area contributed by atoms with Gasteiger partial charge in [-0.15, -0.1) is 5.10 Å². The summed E-state index contributed by atoms with van der Waals surface area (Å²) in [5.74, 6) is 2.44. The van der Waals surface area contributed by atoms with E-state index in [1.165, 1.54) is 16.8 Å². The molecule has 2 aromatic heterocycles. The molecule has 8 nitrogen and oxygen atoms in total. The Labute approximate surface area is 178 Å². The van der Waals surface area contributed by atoms with E-state index < -0.39 is 12.3 Å². The van der Waals surface area contributed by atoms with Crippen molar-refractivity contribution in [2.45, 2.75) is 32.0 Å². The molecule has 0 radical (unpaired) electrons. The highest BCUT2D eigenvalue weighted by Gasteiger charge is 2.32. The summed E-state index contributed by atoms with van der Waals surface area (Å²) in [7, 11) is 0. The molecule has 2 aliphatic heterocycles. The van der Waals surface area contributed by atoms with Crippen LogP contribution >= 0.6 is 0 Å². The number of alkyl halides is 1. The van der Waals surface area contributed by atoms with Gasteiger partial charge in [0.05, 0.1) is 19.8 Å². The molecular formula is C22H23FN4O4. The van der Waals surface area contributed by atoms with Crippen LogP contribution in [0, 0.1) is 6.92 Å². The second-order valence-electron chi connectivity index (χ2n) is 7.77. The van der Waals surface area contributed by atoms with Crippen molar-refractivity contribution in [1.29, 1.82) is 0 Å². The zero-order chi connectivity index (χ0) is 21.4. The molecule has 0 N–H and O–H groups in total. The molecule has 31 heavy (non-hydrogen) atoms. The van der Waals surface area contributed by atoms with Gasteiger partial charge >= 0.3 is 0 Å². The van der Waals surface area contributed by atoms with Crippen molar-refractivity contribution < 1.29 is 18.6 Å². The van der Waals surface area contributed by atoms with Crippen molar-refractivity contribution in [1.82, 2.24) is 14.6 Å². The Morgan fingerprint density at radius 2 is 2.00 bits per heavy atom. The van der Waals surface area contributed by atoms with E-state index in [0.29, 0.717) is 54.9 Å². The van der Waals surface area contributed by atoms with Gasteiger partial charge in [0.1, 0.15) is 11.9 Å². The maximum atomic E-state index is 15.1. The molecular weight excluding hydrogens is 403 g/mol. The van der Waals surface area contributed by atoms with Gasteiger partial charge in [0.25, 0.3) is 5.56 Å². The Morgan fingerprint density at radius 1 is 1.16 bits per heavy atom. The zero-order valence-corrected chi connectivity index (χ0v) is 17.2. The third-order valence-electron chi connectivity index (χ3n) is 5.53. The lowest BCUT2D eigenvalue weighted by Gasteiger charge is -2.36. The third kappa shape index (κ3) is 3.87. The molecule has 1 fully saturated rings. The summed E-state index contributed by atoms with van der Waals surface area (Å²) in [5, 5.41) is 4.43. The maximum absolute atomic E-state index is 15.1. The second-order valence-corrected chi connectivity index (χ2v) is 7.77. The van der Waals surface area contributed by atoms with Crippen LogP contribution in [-0.4, -0.2) is 53.2 Å². The van der Waals surface area contributed by atoms with Crippen molar-refractivity contribution in [2.24, 2.45) is 0 Å². The number of ether oxygens (including phenoxy) is 3. The highest BCUT2D eigenvalue weighted by molar-refractivity contribution is 5.53. The number of nitrogens with zero attached hydrogens (tertiary/aromatic N) is 4. The molecule has 0 spiro atoms. The number of halogens is 1. The number of fused-ring (bicyclic) bond motifs is 2. The summed E-state index contributed by atoms with van der Waals surface area (Å²) in [6, 6.07) is 8.48. The number of hydrogen-bond donors (Lipinski definition) is 0. The topological polar surface area (TPSA) is 78.2 Å². The highest BCUT2D eigenvalue weighted by Crippen LogP contribution is 2.34. The molecule has 2 aliphatic rings. The lowest BCUT2D eigenvalue weighted by atomic mass is 10.1. The Balaban J connectivity index is 1.31. The molecule has 0 amide bonds. The molecule has 0 unspecified atom stereocenters. The average molecular weight is 426 g/mol. The van der Waals surface area contributed by atoms with E-state index >= 15 is 4.39 Å². The van der Waals surface area contributed by atoms with Gasteiger partial charge in [-0.2, -0.15) is 4.52 Å². The first-order valence-electron chi connectivity index (χ1n) is 10.4. The van der Waals surface area contributed by atoms with Crippen LogP contribution in [0.3, 0.4) is 0 Å². The maximum Gasteiger partial charge on any atom is 0.274 e. The normalized spacial score (nSPS) is 21.0. The molecule has 2 atom stereocenters. The fourth-order valence-corrected chi connectivity index (χ4v) is 3.96. The number of rotatable bonds is 3. The summed E-state index contributed by atoms with van der Waals surface area (Å²) in [4.78, 5) is 18.1. The first kappa shape index (κ1) is 19.6. The van der Waals surface area contributed by atoms with Crippen molar-refractivity contribution >= 4 is 11.5 Å². The summed E-state index contributed by atoms with van der Waals surface area (Å²) >= 11 is 0. The number of aromatic nitrogens is 3. The molecule has 1 aromatic carbocycles. The van der Waals surface area contributed by atoms with Gasteiger partial charge in [-0.25, -0.2) is 9.37 Å². The fourth-order valence-electron chi connectivity index (χ4n) is 3.96. The highest BCUT2D eigenvalue weighted by atomic mass is 19.1. The monoisotopic (exact) mass is 426 g/mol. The number of hydrogen-bond acceptors (Lipinski definition) is 7. The molecule has 3 aromatic rings. The van der Waals surface area contributed by atoms with Gasteiger partial charge in [0.15, 0.2) is 29.1 Å². The average Bonchev–Trinajstić information content (AvgIpc) is 3.00. The van der Waals surface area contributed by atoms with E-state index in [9.17, 15) is 4.79 Å². The fraction of sp³-hybridized carbons (Fsp3) is 0.409. The van der Waals surface area contributed by atoms with Crippen LogP contribution in [0.2, 0.25) is 0 Å². The predicted molar refractivity (Wildman–Crippen MR) is 112 cm³/mol. The van der Waals surface area contributed by atoms with Crippen molar-refractivity contribution in [2.75, 3.05) is 31.2 Å². The van der Waals surface area contributed by atoms with Crippen LogP contribution in [0.25, 0.3) is 5.65 Å². The summed E-state index contributed by atoms with van der Waals surface area (Å²) in [6.07, 6.45) is 0.966. The molecule has 0 saturated carbocycles. The number of benzene rings is 1. The molecule has 1 saturated heterocycles. The van der Waals surface area contributed by atoms with Crippen molar-refractivity contribution in [3.63, 3.8) is 0 Å². The Bertz CT molecular complexity index is 1170. The van der Waals surface area contributed by atoms with Crippen LogP contribution in [0.15, 0.2) is 41.3 Å². The summed E-state index contributed by atoms with van der Waals surface area (Å²) in [6.45, 7) is 3.77. The van der Waals surface area contributed by atoms with Crippen LogP contribution in [0.1, 0.15) is 18.4 Å². The van der Waals surface area contributed by atoms with Gasteiger partial charge in [-0.3, -0.25) is 4.79 Å². The first-order chi connectivity index (χ1) is 15.1. The number of piperidine rings is 1. The quantitative estimate of drug-likeness (QED) is 0.637. The minimum absolute atomic E-state index is 0.129. The van der Waals surface area contributed by atoms with Crippen molar-refractivity contribution in [3.8, 4) is 17.2 Å². The lowest BCUT2D eigenvalue weighted by Crippen LogP contribution is -2.47. The molecule has 0 bridgehead atoms. The predicted octanol–water partition coefficient (Wildman–Crippen LogP) is 2.56. The van der Waals surface area contributed by atoms with Crippen LogP contribution < -0.4 is 24.7 Å². The van der Waals surface area contributed by atoms with E-state index in [1.54, 1.807) is 24.3 Å². The first-order valence-corrected chi connectivity index (χ1v) is 10.4. The van der Waals surface area contributed by atoms with Crippen LogP contribution in [0.5, 0.6) is 17.2 Å². The SMILES string of the molecule is Cc1cc2nccc(=O)n2nc1N1CC[C@@H](Oc2ccc3c(c2)OCCCO3)[C@H](F)C1. The Kier molecular flexibility index (Phi) is 5.09.